The van der Waals surface area contributed by atoms with Gasteiger partial charge >= 0.3 is 0 Å². The molecule has 1 amide bonds. The molecule has 2 aliphatic rings. The molecule has 21 heavy (non-hydrogen) atoms. The van der Waals surface area contributed by atoms with Crippen LogP contribution in [0.1, 0.15) is 37.7 Å². The Kier molecular flexibility index (Phi) is 4.15. The molecule has 114 valence electrons. The van der Waals surface area contributed by atoms with Gasteiger partial charge in [-0.2, -0.15) is 0 Å². The van der Waals surface area contributed by atoms with Gasteiger partial charge in [0.25, 0.3) is 0 Å². The van der Waals surface area contributed by atoms with Gasteiger partial charge in [-0.05, 0) is 50.4 Å². The molecular formula is C17H25N3O. The molecule has 0 radical (unpaired) electrons. The first-order valence-electron chi connectivity index (χ1n) is 7.97. The largest absolute Gasteiger partial charge is 0.399 e. The zero-order valence-electron chi connectivity index (χ0n) is 12.7. The highest BCUT2D eigenvalue weighted by molar-refractivity contribution is 5.79. The number of carbonyl (C=O) groups is 1. The number of anilines is 1. The fourth-order valence-electron chi connectivity index (χ4n) is 3.90. The maximum absolute atomic E-state index is 12.2. The molecule has 2 unspecified atom stereocenters. The monoisotopic (exact) mass is 287 g/mol. The first-order valence-corrected chi connectivity index (χ1v) is 7.97. The van der Waals surface area contributed by atoms with Gasteiger partial charge in [-0.1, -0.05) is 18.6 Å². The van der Waals surface area contributed by atoms with Gasteiger partial charge < -0.3 is 16.0 Å². The Hall–Kier alpha value is -1.55. The van der Waals surface area contributed by atoms with Crippen LogP contribution >= 0.6 is 0 Å². The molecule has 2 saturated heterocycles. The van der Waals surface area contributed by atoms with E-state index in [2.05, 4.69) is 17.3 Å². The minimum absolute atomic E-state index is 0.119. The van der Waals surface area contributed by atoms with Crippen LogP contribution in [-0.2, 0) is 11.2 Å². The zero-order chi connectivity index (χ0) is 14.8. The molecule has 0 aromatic heterocycles. The lowest BCUT2D eigenvalue weighted by Crippen LogP contribution is -2.55. The van der Waals surface area contributed by atoms with E-state index in [9.17, 15) is 4.79 Å². The zero-order valence-corrected chi connectivity index (χ0v) is 12.7. The van der Waals surface area contributed by atoms with Crippen LogP contribution in [0.25, 0.3) is 0 Å². The van der Waals surface area contributed by atoms with Crippen molar-refractivity contribution in [2.45, 2.75) is 56.7 Å². The fourth-order valence-corrected chi connectivity index (χ4v) is 3.90. The summed E-state index contributed by atoms with van der Waals surface area (Å²) in [4.78, 5) is 14.7. The van der Waals surface area contributed by atoms with Crippen molar-refractivity contribution in [2.24, 2.45) is 0 Å². The first-order chi connectivity index (χ1) is 10.1. The Morgan fingerprint density at radius 2 is 2.05 bits per heavy atom. The van der Waals surface area contributed by atoms with E-state index in [1.165, 1.54) is 19.3 Å². The van der Waals surface area contributed by atoms with Gasteiger partial charge in [0, 0.05) is 23.8 Å². The van der Waals surface area contributed by atoms with Gasteiger partial charge in [0.05, 0.1) is 6.42 Å². The number of hydrogen-bond acceptors (Lipinski definition) is 3. The van der Waals surface area contributed by atoms with Gasteiger partial charge in [-0.25, -0.2) is 0 Å². The highest BCUT2D eigenvalue weighted by Crippen LogP contribution is 2.32. The highest BCUT2D eigenvalue weighted by Gasteiger charge is 2.36. The number of nitrogen functional groups attached to an aromatic ring is 1. The molecule has 2 heterocycles. The standard InChI is InChI=1S/C17H25N3O/c1-20-15-6-3-7-16(20)11-14(10-15)19-17(21)9-12-4-2-5-13(18)8-12/h2,4-5,8,14-16H,3,6-7,9-11,18H2,1H3,(H,19,21). The summed E-state index contributed by atoms with van der Waals surface area (Å²) in [5.74, 6) is 0.119. The quantitative estimate of drug-likeness (QED) is 0.835. The van der Waals surface area contributed by atoms with Gasteiger partial charge in [-0.15, -0.1) is 0 Å². The van der Waals surface area contributed by atoms with E-state index < -0.39 is 0 Å². The Morgan fingerprint density at radius 3 is 2.71 bits per heavy atom. The van der Waals surface area contributed by atoms with E-state index in [4.69, 9.17) is 5.73 Å². The molecule has 0 aliphatic carbocycles. The lowest BCUT2D eigenvalue weighted by Gasteiger charge is -2.47. The third-order valence-electron chi connectivity index (χ3n) is 5.02. The maximum atomic E-state index is 12.2. The normalized spacial score (nSPS) is 29.1. The average molecular weight is 287 g/mol. The van der Waals surface area contributed by atoms with Crippen molar-refractivity contribution in [1.29, 1.82) is 0 Å². The van der Waals surface area contributed by atoms with E-state index in [1.807, 2.05) is 24.3 Å². The van der Waals surface area contributed by atoms with Gasteiger partial charge in [0.15, 0.2) is 0 Å². The van der Waals surface area contributed by atoms with Gasteiger partial charge in [0.1, 0.15) is 0 Å². The Balaban J connectivity index is 1.56. The second-order valence-electron chi connectivity index (χ2n) is 6.56. The smallest absolute Gasteiger partial charge is 0.224 e. The number of piperidine rings is 2. The van der Waals surface area contributed by atoms with Crippen LogP contribution in [0.2, 0.25) is 0 Å². The van der Waals surface area contributed by atoms with Crippen molar-refractivity contribution in [1.82, 2.24) is 10.2 Å². The summed E-state index contributed by atoms with van der Waals surface area (Å²) in [6.07, 6.45) is 6.49. The van der Waals surface area contributed by atoms with Crippen LogP contribution in [0.15, 0.2) is 24.3 Å². The maximum Gasteiger partial charge on any atom is 0.224 e. The molecule has 2 bridgehead atoms. The summed E-state index contributed by atoms with van der Waals surface area (Å²) in [5.41, 5.74) is 7.46. The molecule has 1 aromatic rings. The van der Waals surface area contributed by atoms with E-state index in [0.29, 0.717) is 30.2 Å². The van der Waals surface area contributed by atoms with E-state index >= 15 is 0 Å². The van der Waals surface area contributed by atoms with Crippen LogP contribution in [-0.4, -0.2) is 36.0 Å². The van der Waals surface area contributed by atoms with Crippen LogP contribution < -0.4 is 11.1 Å². The number of nitrogens with one attached hydrogen (secondary N) is 1. The second-order valence-corrected chi connectivity index (χ2v) is 6.56. The summed E-state index contributed by atoms with van der Waals surface area (Å²) in [7, 11) is 2.24. The Bertz CT molecular complexity index is 503. The van der Waals surface area contributed by atoms with Crippen molar-refractivity contribution < 1.29 is 4.79 Å². The lowest BCUT2D eigenvalue weighted by atomic mass is 9.82. The Labute approximate surface area is 126 Å². The summed E-state index contributed by atoms with van der Waals surface area (Å²) in [6.45, 7) is 0. The summed E-state index contributed by atoms with van der Waals surface area (Å²) in [6, 6.07) is 9.22. The molecule has 2 fully saturated rings. The van der Waals surface area contributed by atoms with Crippen LogP contribution in [0.3, 0.4) is 0 Å². The number of nitrogens with zero attached hydrogens (tertiary/aromatic N) is 1. The molecule has 0 spiro atoms. The lowest BCUT2D eigenvalue weighted by molar-refractivity contribution is -0.121. The van der Waals surface area contributed by atoms with Crippen molar-refractivity contribution in [3.8, 4) is 0 Å². The molecule has 4 heteroatoms. The van der Waals surface area contributed by atoms with Crippen LogP contribution in [0, 0.1) is 0 Å². The summed E-state index contributed by atoms with van der Waals surface area (Å²) in [5, 5.41) is 3.23. The van der Waals surface area contributed by atoms with Crippen molar-refractivity contribution in [3.05, 3.63) is 29.8 Å². The van der Waals surface area contributed by atoms with Gasteiger partial charge in [-0.3, -0.25) is 4.79 Å². The fraction of sp³-hybridized carbons (Fsp3) is 0.588. The van der Waals surface area contributed by atoms with E-state index in [1.54, 1.807) is 0 Å². The predicted octanol–water partition coefficient (Wildman–Crippen LogP) is 1.94. The van der Waals surface area contributed by atoms with Crippen LogP contribution in [0.4, 0.5) is 5.69 Å². The number of rotatable bonds is 3. The number of carbonyl (C=O) groups excluding carboxylic acids is 1. The molecule has 2 atom stereocenters. The molecule has 0 saturated carbocycles. The number of amides is 1. The molecule has 3 N–H and O–H groups in total. The molecule has 4 nitrogen and oxygen atoms in total. The average Bonchev–Trinajstić information content (AvgIpc) is 2.40. The van der Waals surface area contributed by atoms with Gasteiger partial charge in [0.2, 0.25) is 5.91 Å². The topological polar surface area (TPSA) is 58.4 Å². The number of fused-ring (bicyclic) bond motifs is 2. The SMILES string of the molecule is CN1C2CCCC1CC(NC(=O)Cc1cccc(N)c1)C2. The molecular weight excluding hydrogens is 262 g/mol. The van der Waals surface area contributed by atoms with Crippen molar-refractivity contribution in [3.63, 3.8) is 0 Å². The van der Waals surface area contributed by atoms with Crippen molar-refractivity contribution >= 4 is 11.6 Å². The Morgan fingerprint density at radius 1 is 1.33 bits per heavy atom. The summed E-state index contributed by atoms with van der Waals surface area (Å²) >= 11 is 0. The molecule has 3 rings (SSSR count). The molecule has 1 aromatic carbocycles. The third-order valence-corrected chi connectivity index (χ3v) is 5.02. The highest BCUT2D eigenvalue weighted by atomic mass is 16.1. The number of hydrogen-bond donors (Lipinski definition) is 2. The number of benzene rings is 1. The minimum Gasteiger partial charge on any atom is -0.399 e. The van der Waals surface area contributed by atoms with E-state index in [-0.39, 0.29) is 5.91 Å². The van der Waals surface area contributed by atoms with Crippen LogP contribution in [0.5, 0.6) is 0 Å². The summed E-state index contributed by atoms with van der Waals surface area (Å²) < 4.78 is 0. The minimum atomic E-state index is 0.119. The first kappa shape index (κ1) is 14.4. The van der Waals surface area contributed by atoms with E-state index in [0.717, 1.165) is 18.4 Å². The third kappa shape index (κ3) is 3.38. The molecule has 2 aliphatic heterocycles. The second kappa shape index (κ2) is 6.06. The predicted molar refractivity (Wildman–Crippen MR) is 84.9 cm³/mol. The number of nitrogens with two attached hydrogens (primary N) is 1. The van der Waals surface area contributed by atoms with Crippen molar-refractivity contribution in [2.75, 3.05) is 12.8 Å².